The van der Waals surface area contributed by atoms with Gasteiger partial charge in [0.2, 0.25) is 0 Å². The Bertz CT molecular complexity index is 589. The first-order valence-corrected chi connectivity index (χ1v) is 5.93. The fraction of sp³-hybridized carbons (Fsp3) is 0.333. The topological polar surface area (TPSA) is 99.9 Å². The maximum absolute atomic E-state index is 10.6. The summed E-state index contributed by atoms with van der Waals surface area (Å²) in [6, 6.07) is 6.41. The molecule has 0 radical (unpaired) electrons. The number of hydrogen-bond donors (Lipinski definition) is 1. The Morgan fingerprint density at radius 2 is 1.95 bits per heavy atom. The van der Waals surface area contributed by atoms with Crippen molar-refractivity contribution in [1.82, 2.24) is 14.8 Å². The molecular weight excluding hydrogens is 246 g/mol. The quantitative estimate of drug-likeness (QED) is 0.669. The minimum atomic E-state index is -0.428. The predicted octanol–water partition coefficient (Wildman–Crippen LogP) is 1.89. The van der Waals surface area contributed by atoms with Gasteiger partial charge in [0, 0.05) is 23.7 Å². The zero-order chi connectivity index (χ0) is 14.0. The van der Waals surface area contributed by atoms with Crippen molar-refractivity contribution in [3.63, 3.8) is 0 Å². The average Bonchev–Trinajstić information content (AvgIpc) is 2.82. The molecule has 19 heavy (non-hydrogen) atoms. The highest BCUT2D eigenvalue weighted by Gasteiger charge is 2.16. The molecule has 0 unspecified atom stereocenters. The highest BCUT2D eigenvalue weighted by molar-refractivity contribution is 5.57. The number of hydrogen-bond acceptors (Lipinski definition) is 5. The minimum Gasteiger partial charge on any atom is -0.324 e. The minimum absolute atomic E-state index is 0.0541. The van der Waals surface area contributed by atoms with E-state index in [0.717, 1.165) is 5.56 Å². The van der Waals surface area contributed by atoms with Gasteiger partial charge in [0.05, 0.1) is 11.5 Å². The Labute approximate surface area is 110 Å². The zero-order valence-electron chi connectivity index (χ0n) is 10.8. The van der Waals surface area contributed by atoms with E-state index in [1.165, 1.54) is 12.1 Å². The van der Waals surface area contributed by atoms with Crippen LogP contribution in [-0.4, -0.2) is 19.7 Å². The summed E-state index contributed by atoms with van der Waals surface area (Å²) in [5.41, 5.74) is 6.47. The van der Waals surface area contributed by atoms with Crippen LogP contribution in [0.5, 0.6) is 0 Å². The number of nitrogens with two attached hydrogens (primary N) is 1. The molecule has 7 nitrogen and oxygen atoms in total. The molecule has 2 aromatic rings. The van der Waals surface area contributed by atoms with Gasteiger partial charge in [0.1, 0.15) is 5.82 Å². The molecule has 2 N–H and O–H groups in total. The Morgan fingerprint density at radius 1 is 1.32 bits per heavy atom. The molecule has 1 aromatic heterocycles. The van der Waals surface area contributed by atoms with Crippen LogP contribution in [0.2, 0.25) is 0 Å². The van der Waals surface area contributed by atoms with Gasteiger partial charge in [-0.15, -0.1) is 10.2 Å². The van der Waals surface area contributed by atoms with Crippen LogP contribution in [0.25, 0.3) is 11.4 Å². The molecule has 0 bridgehead atoms. The number of rotatable bonds is 4. The van der Waals surface area contributed by atoms with E-state index < -0.39 is 4.92 Å². The zero-order valence-corrected chi connectivity index (χ0v) is 10.8. The summed E-state index contributed by atoms with van der Waals surface area (Å²) < 4.78 is 1.93. The van der Waals surface area contributed by atoms with Crippen molar-refractivity contribution in [1.29, 1.82) is 0 Å². The van der Waals surface area contributed by atoms with E-state index in [2.05, 4.69) is 10.2 Å². The molecule has 0 spiro atoms. The van der Waals surface area contributed by atoms with Crippen LogP contribution in [0.1, 0.15) is 25.7 Å². The lowest BCUT2D eigenvalue weighted by atomic mass is 10.2. The van der Waals surface area contributed by atoms with Gasteiger partial charge >= 0.3 is 0 Å². The number of nitro groups is 1. The maximum Gasteiger partial charge on any atom is 0.269 e. The average molecular weight is 261 g/mol. The van der Waals surface area contributed by atoms with E-state index in [0.29, 0.717) is 18.2 Å². The predicted molar refractivity (Wildman–Crippen MR) is 70.4 cm³/mol. The van der Waals surface area contributed by atoms with Crippen molar-refractivity contribution in [2.75, 3.05) is 0 Å². The second-order valence-electron chi connectivity index (χ2n) is 4.41. The first kappa shape index (κ1) is 13.2. The number of nitrogens with zero attached hydrogens (tertiary/aromatic N) is 4. The van der Waals surface area contributed by atoms with Gasteiger partial charge in [-0.05, 0) is 26.0 Å². The molecular formula is C12H15N5O2. The second-order valence-corrected chi connectivity index (χ2v) is 4.41. The molecule has 0 saturated heterocycles. The Morgan fingerprint density at radius 3 is 2.42 bits per heavy atom. The van der Waals surface area contributed by atoms with Gasteiger partial charge in [0.15, 0.2) is 5.82 Å². The van der Waals surface area contributed by atoms with Gasteiger partial charge in [-0.2, -0.15) is 0 Å². The van der Waals surface area contributed by atoms with Crippen LogP contribution in [0.4, 0.5) is 5.69 Å². The van der Waals surface area contributed by atoms with Crippen LogP contribution in [0, 0.1) is 10.1 Å². The summed E-state index contributed by atoms with van der Waals surface area (Å²) in [6.45, 7) is 4.33. The third kappa shape index (κ3) is 2.45. The van der Waals surface area contributed by atoms with Crippen molar-refractivity contribution < 1.29 is 4.92 Å². The molecule has 0 aliphatic carbocycles. The molecule has 7 heteroatoms. The van der Waals surface area contributed by atoms with Crippen molar-refractivity contribution in [3.8, 4) is 11.4 Å². The molecule has 1 heterocycles. The van der Waals surface area contributed by atoms with E-state index in [9.17, 15) is 10.1 Å². The summed E-state index contributed by atoms with van der Waals surface area (Å²) in [7, 11) is 0. The normalized spacial score (nSPS) is 10.9. The SMILES string of the molecule is CC(C)n1c(CN)nnc1-c1ccc([N+](=O)[O-])cc1. The van der Waals surface area contributed by atoms with E-state index in [-0.39, 0.29) is 11.7 Å². The molecule has 0 aliphatic rings. The fourth-order valence-corrected chi connectivity index (χ4v) is 1.93. The lowest BCUT2D eigenvalue weighted by molar-refractivity contribution is -0.384. The highest BCUT2D eigenvalue weighted by atomic mass is 16.6. The summed E-state index contributed by atoms with van der Waals surface area (Å²) in [5.74, 6) is 1.37. The molecule has 0 aliphatic heterocycles. The van der Waals surface area contributed by atoms with E-state index in [1.54, 1.807) is 12.1 Å². The molecule has 0 fully saturated rings. The molecule has 0 saturated carbocycles. The standard InChI is InChI=1S/C12H15N5O2/c1-8(2)16-11(7-13)14-15-12(16)9-3-5-10(6-4-9)17(18)19/h3-6,8H,7,13H2,1-2H3. The summed E-state index contributed by atoms with van der Waals surface area (Å²) in [5, 5.41) is 18.8. The lowest BCUT2D eigenvalue weighted by Gasteiger charge is -2.13. The smallest absolute Gasteiger partial charge is 0.269 e. The number of nitro benzene ring substituents is 1. The number of aromatic nitrogens is 3. The van der Waals surface area contributed by atoms with Crippen LogP contribution >= 0.6 is 0 Å². The number of non-ortho nitro benzene ring substituents is 1. The van der Waals surface area contributed by atoms with Crippen molar-refractivity contribution >= 4 is 5.69 Å². The molecule has 2 rings (SSSR count). The highest BCUT2D eigenvalue weighted by Crippen LogP contribution is 2.24. The van der Waals surface area contributed by atoms with Crippen LogP contribution in [0.3, 0.4) is 0 Å². The molecule has 0 atom stereocenters. The van der Waals surface area contributed by atoms with Gasteiger partial charge < -0.3 is 10.3 Å². The summed E-state index contributed by atoms with van der Waals surface area (Å²) in [6.07, 6.45) is 0. The van der Waals surface area contributed by atoms with Gasteiger partial charge in [0.25, 0.3) is 5.69 Å². The van der Waals surface area contributed by atoms with E-state index in [4.69, 9.17) is 5.73 Å². The van der Waals surface area contributed by atoms with E-state index in [1.807, 2.05) is 18.4 Å². The third-order valence-corrected chi connectivity index (χ3v) is 2.80. The molecule has 0 amide bonds. The Hall–Kier alpha value is -2.28. The first-order chi connectivity index (χ1) is 9.04. The van der Waals surface area contributed by atoms with Crippen LogP contribution < -0.4 is 5.73 Å². The van der Waals surface area contributed by atoms with Crippen molar-refractivity contribution in [2.24, 2.45) is 5.73 Å². The largest absolute Gasteiger partial charge is 0.324 e. The van der Waals surface area contributed by atoms with E-state index >= 15 is 0 Å². The molecule has 1 aromatic carbocycles. The first-order valence-electron chi connectivity index (χ1n) is 5.93. The van der Waals surface area contributed by atoms with Gasteiger partial charge in [-0.25, -0.2) is 0 Å². The van der Waals surface area contributed by atoms with Crippen LogP contribution in [0.15, 0.2) is 24.3 Å². The van der Waals surface area contributed by atoms with Gasteiger partial charge in [-0.3, -0.25) is 10.1 Å². The fourth-order valence-electron chi connectivity index (χ4n) is 1.93. The third-order valence-electron chi connectivity index (χ3n) is 2.80. The van der Waals surface area contributed by atoms with Crippen LogP contribution in [-0.2, 0) is 6.54 Å². The summed E-state index contributed by atoms with van der Waals surface area (Å²) in [4.78, 5) is 10.2. The molecule has 100 valence electrons. The Kier molecular flexibility index (Phi) is 3.57. The second kappa shape index (κ2) is 5.15. The van der Waals surface area contributed by atoms with Crippen molar-refractivity contribution in [3.05, 3.63) is 40.2 Å². The van der Waals surface area contributed by atoms with Gasteiger partial charge in [-0.1, -0.05) is 0 Å². The lowest BCUT2D eigenvalue weighted by Crippen LogP contribution is -2.11. The summed E-state index contributed by atoms with van der Waals surface area (Å²) >= 11 is 0. The monoisotopic (exact) mass is 261 g/mol. The number of benzene rings is 1. The maximum atomic E-state index is 10.6. The Balaban J connectivity index is 2.47. The van der Waals surface area contributed by atoms with Crippen molar-refractivity contribution in [2.45, 2.75) is 26.4 Å².